The highest BCUT2D eigenvalue weighted by Gasteiger charge is 2.33. The molecule has 144 valence electrons. The zero-order valence-electron chi connectivity index (χ0n) is 16.5. The van der Waals surface area contributed by atoms with Gasteiger partial charge in [0.25, 0.3) is 0 Å². The van der Waals surface area contributed by atoms with Gasteiger partial charge in [-0.05, 0) is 42.5 Å². The molecule has 1 aromatic rings. The molecule has 1 aliphatic rings. The molecule has 2 rings (SSSR count). The standard InChI is InChI=1S/C20H31N3O3/c1-14(2)11-23(20(25)15-6-7-15)12-16-10-17(21-19(24)13-26-5)8-9-18(16)22(3)4/h8-10,14-15H,6-7,11-13H2,1-5H3,(H,21,24). The van der Waals surface area contributed by atoms with Gasteiger partial charge in [-0.3, -0.25) is 9.59 Å². The van der Waals surface area contributed by atoms with Crippen molar-refractivity contribution in [1.29, 1.82) is 0 Å². The first-order valence-electron chi connectivity index (χ1n) is 9.19. The Morgan fingerprint density at radius 3 is 2.50 bits per heavy atom. The number of anilines is 2. The molecule has 0 aromatic heterocycles. The van der Waals surface area contributed by atoms with Crippen LogP contribution in [0.15, 0.2) is 18.2 Å². The lowest BCUT2D eigenvalue weighted by atomic mass is 10.1. The lowest BCUT2D eigenvalue weighted by Gasteiger charge is -2.27. The van der Waals surface area contributed by atoms with Crippen LogP contribution in [0.25, 0.3) is 0 Å². The van der Waals surface area contributed by atoms with Gasteiger partial charge in [-0.2, -0.15) is 0 Å². The predicted octanol–water partition coefficient (Wildman–Crippen LogP) is 2.73. The molecule has 1 aromatic carbocycles. The van der Waals surface area contributed by atoms with E-state index in [1.54, 1.807) is 0 Å². The third-order valence-electron chi connectivity index (χ3n) is 4.31. The van der Waals surface area contributed by atoms with Gasteiger partial charge in [-0.25, -0.2) is 0 Å². The summed E-state index contributed by atoms with van der Waals surface area (Å²) in [5.74, 6) is 0.660. The lowest BCUT2D eigenvalue weighted by molar-refractivity contribution is -0.133. The van der Waals surface area contributed by atoms with Crippen LogP contribution in [0.5, 0.6) is 0 Å². The number of carbonyl (C=O) groups is 2. The summed E-state index contributed by atoms with van der Waals surface area (Å²) in [5, 5.41) is 2.84. The Bertz CT molecular complexity index is 639. The van der Waals surface area contributed by atoms with Crippen LogP contribution >= 0.6 is 0 Å². The highest BCUT2D eigenvalue weighted by molar-refractivity contribution is 5.92. The number of amides is 2. The van der Waals surface area contributed by atoms with Crippen molar-refractivity contribution in [3.05, 3.63) is 23.8 Å². The van der Waals surface area contributed by atoms with E-state index >= 15 is 0 Å². The van der Waals surface area contributed by atoms with Crippen LogP contribution in [0.3, 0.4) is 0 Å². The van der Waals surface area contributed by atoms with Gasteiger partial charge in [0.15, 0.2) is 0 Å². The van der Waals surface area contributed by atoms with Crippen molar-refractivity contribution >= 4 is 23.2 Å². The minimum atomic E-state index is -0.191. The van der Waals surface area contributed by atoms with Crippen LogP contribution in [0, 0.1) is 11.8 Å². The van der Waals surface area contributed by atoms with E-state index in [2.05, 4.69) is 19.2 Å². The molecule has 26 heavy (non-hydrogen) atoms. The summed E-state index contributed by atoms with van der Waals surface area (Å²) in [7, 11) is 5.46. The normalized spacial score (nSPS) is 13.6. The number of nitrogens with zero attached hydrogens (tertiary/aromatic N) is 2. The highest BCUT2D eigenvalue weighted by atomic mass is 16.5. The fourth-order valence-electron chi connectivity index (χ4n) is 3.02. The number of methoxy groups -OCH3 is 1. The Hall–Kier alpha value is -2.08. The summed E-state index contributed by atoms with van der Waals surface area (Å²) in [5.41, 5.74) is 2.79. The van der Waals surface area contributed by atoms with Crippen molar-refractivity contribution in [3.63, 3.8) is 0 Å². The monoisotopic (exact) mass is 361 g/mol. The molecule has 1 fully saturated rings. The molecule has 0 atom stereocenters. The van der Waals surface area contributed by atoms with Crippen LogP contribution in [-0.2, 0) is 20.9 Å². The van der Waals surface area contributed by atoms with E-state index in [9.17, 15) is 9.59 Å². The number of ether oxygens (including phenoxy) is 1. The van der Waals surface area contributed by atoms with Crippen molar-refractivity contribution < 1.29 is 14.3 Å². The Morgan fingerprint density at radius 1 is 1.27 bits per heavy atom. The second kappa shape index (κ2) is 9.03. The Kier molecular flexibility index (Phi) is 7.03. The van der Waals surface area contributed by atoms with Crippen LogP contribution in [-0.4, -0.2) is 51.1 Å². The second-order valence-corrected chi connectivity index (χ2v) is 7.61. The topological polar surface area (TPSA) is 61.9 Å². The highest BCUT2D eigenvalue weighted by Crippen LogP contribution is 2.33. The summed E-state index contributed by atoms with van der Waals surface area (Å²) in [6.07, 6.45) is 2.00. The molecule has 0 bridgehead atoms. The quantitative estimate of drug-likeness (QED) is 0.735. The Labute approximate surface area is 156 Å². The molecule has 6 heteroatoms. The molecular formula is C20H31N3O3. The van der Waals surface area contributed by atoms with Crippen LogP contribution in [0.4, 0.5) is 11.4 Å². The number of hydrogen-bond donors (Lipinski definition) is 1. The number of benzene rings is 1. The van der Waals surface area contributed by atoms with E-state index in [4.69, 9.17) is 4.74 Å². The zero-order chi connectivity index (χ0) is 19.3. The fourth-order valence-corrected chi connectivity index (χ4v) is 3.02. The summed E-state index contributed by atoms with van der Waals surface area (Å²) in [6.45, 7) is 5.56. The fraction of sp³-hybridized carbons (Fsp3) is 0.600. The van der Waals surface area contributed by atoms with E-state index in [0.29, 0.717) is 12.5 Å². The van der Waals surface area contributed by atoms with Gasteiger partial charge in [0.1, 0.15) is 6.61 Å². The summed E-state index contributed by atoms with van der Waals surface area (Å²) >= 11 is 0. The molecule has 1 N–H and O–H groups in total. The van der Waals surface area contributed by atoms with E-state index in [1.165, 1.54) is 7.11 Å². The lowest BCUT2D eigenvalue weighted by Crippen LogP contribution is -2.35. The maximum absolute atomic E-state index is 12.7. The van der Waals surface area contributed by atoms with Gasteiger partial charge in [-0.1, -0.05) is 13.8 Å². The minimum Gasteiger partial charge on any atom is -0.377 e. The van der Waals surface area contributed by atoms with Crippen molar-refractivity contribution in [2.75, 3.05) is 44.6 Å². The van der Waals surface area contributed by atoms with Gasteiger partial charge in [0.2, 0.25) is 11.8 Å². The smallest absolute Gasteiger partial charge is 0.250 e. The third-order valence-corrected chi connectivity index (χ3v) is 4.31. The van der Waals surface area contributed by atoms with Gasteiger partial charge < -0.3 is 19.9 Å². The number of rotatable bonds is 9. The molecule has 2 amide bonds. The minimum absolute atomic E-state index is 0.0183. The van der Waals surface area contributed by atoms with E-state index in [1.807, 2.05) is 42.1 Å². The third kappa shape index (κ3) is 5.73. The van der Waals surface area contributed by atoms with Crippen molar-refractivity contribution in [2.24, 2.45) is 11.8 Å². The molecular weight excluding hydrogens is 330 g/mol. The zero-order valence-corrected chi connectivity index (χ0v) is 16.5. The molecule has 6 nitrogen and oxygen atoms in total. The Morgan fingerprint density at radius 2 is 1.96 bits per heavy atom. The van der Waals surface area contributed by atoms with E-state index in [-0.39, 0.29) is 24.3 Å². The summed E-state index contributed by atoms with van der Waals surface area (Å²) in [6, 6.07) is 5.81. The molecule has 0 unspecified atom stereocenters. The first-order chi connectivity index (χ1) is 12.3. The van der Waals surface area contributed by atoms with E-state index in [0.717, 1.165) is 36.3 Å². The van der Waals surface area contributed by atoms with Crippen LogP contribution in [0.2, 0.25) is 0 Å². The van der Waals surface area contributed by atoms with Crippen LogP contribution < -0.4 is 10.2 Å². The number of carbonyl (C=O) groups excluding carboxylic acids is 2. The molecule has 0 heterocycles. The van der Waals surface area contributed by atoms with Gasteiger partial charge in [-0.15, -0.1) is 0 Å². The van der Waals surface area contributed by atoms with E-state index < -0.39 is 0 Å². The molecule has 1 saturated carbocycles. The largest absolute Gasteiger partial charge is 0.377 e. The molecule has 0 spiro atoms. The number of nitrogens with one attached hydrogen (secondary N) is 1. The average Bonchev–Trinajstić information content (AvgIpc) is 3.38. The van der Waals surface area contributed by atoms with Gasteiger partial charge >= 0.3 is 0 Å². The molecule has 0 radical (unpaired) electrons. The molecule has 1 aliphatic carbocycles. The second-order valence-electron chi connectivity index (χ2n) is 7.61. The maximum atomic E-state index is 12.7. The van der Waals surface area contributed by atoms with Crippen LogP contribution in [0.1, 0.15) is 32.3 Å². The van der Waals surface area contributed by atoms with Crippen molar-refractivity contribution in [2.45, 2.75) is 33.2 Å². The average molecular weight is 361 g/mol. The predicted molar refractivity (Wildman–Crippen MR) is 104 cm³/mol. The SMILES string of the molecule is COCC(=O)Nc1ccc(N(C)C)c(CN(CC(C)C)C(=O)C2CC2)c1. The van der Waals surface area contributed by atoms with Gasteiger partial charge in [0.05, 0.1) is 0 Å². The molecule has 0 aliphatic heterocycles. The van der Waals surface area contributed by atoms with Crippen molar-refractivity contribution in [3.8, 4) is 0 Å². The van der Waals surface area contributed by atoms with Crippen molar-refractivity contribution in [1.82, 2.24) is 4.90 Å². The van der Waals surface area contributed by atoms with Gasteiger partial charge in [0, 0.05) is 51.6 Å². The number of hydrogen-bond acceptors (Lipinski definition) is 4. The Balaban J connectivity index is 2.24. The first kappa shape index (κ1) is 20.2. The maximum Gasteiger partial charge on any atom is 0.250 e. The summed E-state index contributed by atoms with van der Waals surface area (Å²) < 4.78 is 4.87. The first-order valence-corrected chi connectivity index (χ1v) is 9.19. The molecule has 0 saturated heterocycles. The summed E-state index contributed by atoms with van der Waals surface area (Å²) in [4.78, 5) is 28.5.